The molecule has 1 fully saturated rings. The van der Waals surface area contributed by atoms with Gasteiger partial charge in [0.1, 0.15) is 5.75 Å². The highest BCUT2D eigenvalue weighted by Gasteiger charge is 2.35. The van der Waals surface area contributed by atoms with Crippen LogP contribution in [0.5, 0.6) is 5.75 Å². The summed E-state index contributed by atoms with van der Waals surface area (Å²) in [4.78, 5) is 38.3. The van der Waals surface area contributed by atoms with E-state index in [0.717, 1.165) is 42.4 Å². The van der Waals surface area contributed by atoms with Gasteiger partial charge in [-0.3, -0.25) is 9.59 Å². The van der Waals surface area contributed by atoms with Crippen LogP contribution in [0.1, 0.15) is 74.1 Å². The van der Waals surface area contributed by atoms with Gasteiger partial charge in [0.25, 0.3) is 5.91 Å². The Bertz CT molecular complexity index is 1530. The van der Waals surface area contributed by atoms with Crippen LogP contribution in [0.2, 0.25) is 0 Å². The molecule has 2 aliphatic rings. The van der Waals surface area contributed by atoms with Gasteiger partial charge in [-0.25, -0.2) is 9.80 Å². The summed E-state index contributed by atoms with van der Waals surface area (Å²) in [6.45, 7) is 5.35. The third-order valence-corrected chi connectivity index (χ3v) is 8.68. The molecule has 1 saturated carbocycles. The van der Waals surface area contributed by atoms with Gasteiger partial charge in [-0.15, -0.1) is 5.10 Å². The summed E-state index contributed by atoms with van der Waals surface area (Å²) in [6.07, 6.45) is 4.39. The molecule has 44 heavy (non-hydrogen) atoms. The molecule has 230 valence electrons. The molecular formula is C35H39N3O6. The maximum atomic E-state index is 13.9. The maximum absolute atomic E-state index is 13.9. The quantitative estimate of drug-likeness (QED) is 0.269. The Labute approximate surface area is 257 Å². The Balaban J connectivity index is 1.34. The number of anilines is 1. The molecule has 0 spiro atoms. The molecule has 5 rings (SSSR count). The maximum Gasteiger partial charge on any atom is 0.347 e. The lowest BCUT2D eigenvalue weighted by Crippen LogP contribution is -2.40. The number of nitrogens with one attached hydrogen (secondary N) is 1. The summed E-state index contributed by atoms with van der Waals surface area (Å²) in [5.41, 5.74) is 2.50. The molecule has 2 amide bonds. The van der Waals surface area contributed by atoms with Crippen molar-refractivity contribution < 1.29 is 29.0 Å². The second-order valence-corrected chi connectivity index (χ2v) is 11.7. The van der Waals surface area contributed by atoms with Crippen molar-refractivity contribution >= 4 is 29.4 Å². The number of carboxylic acids is 1. The Morgan fingerprint density at radius 1 is 1.07 bits per heavy atom. The molecule has 0 aromatic heterocycles. The van der Waals surface area contributed by atoms with Crippen molar-refractivity contribution in [2.75, 3.05) is 11.9 Å². The molecule has 0 bridgehead atoms. The van der Waals surface area contributed by atoms with E-state index in [0.29, 0.717) is 29.3 Å². The third kappa shape index (κ3) is 6.77. The van der Waals surface area contributed by atoms with Gasteiger partial charge >= 0.3 is 5.97 Å². The highest BCUT2D eigenvalue weighted by atomic mass is 16.5. The minimum Gasteiger partial charge on any atom is -0.478 e. The van der Waals surface area contributed by atoms with Crippen LogP contribution in [0.15, 0.2) is 77.9 Å². The Hall–Kier alpha value is -4.66. The highest BCUT2D eigenvalue weighted by molar-refractivity contribution is 5.98. The van der Waals surface area contributed by atoms with E-state index >= 15 is 0 Å². The van der Waals surface area contributed by atoms with Crippen LogP contribution in [0.3, 0.4) is 0 Å². The zero-order chi connectivity index (χ0) is 31.3. The van der Waals surface area contributed by atoms with Crippen molar-refractivity contribution in [1.82, 2.24) is 5.01 Å². The number of ether oxygens (including phenoxy) is 2. The molecular weight excluding hydrogens is 558 g/mol. The van der Waals surface area contributed by atoms with Crippen molar-refractivity contribution in [2.24, 2.45) is 11.0 Å². The Morgan fingerprint density at radius 3 is 2.43 bits per heavy atom. The van der Waals surface area contributed by atoms with E-state index in [1.807, 2.05) is 67.6 Å². The first kappa shape index (κ1) is 30.8. The average Bonchev–Trinajstić information content (AvgIpc) is 3.56. The van der Waals surface area contributed by atoms with E-state index in [1.54, 1.807) is 26.0 Å². The summed E-state index contributed by atoms with van der Waals surface area (Å²) in [5.74, 6) is -0.695. The molecule has 2 unspecified atom stereocenters. The molecule has 1 heterocycles. The number of hydrogen-bond acceptors (Lipinski definition) is 6. The second-order valence-electron chi connectivity index (χ2n) is 11.7. The minimum absolute atomic E-state index is 0.0740. The Kier molecular flexibility index (Phi) is 9.32. The van der Waals surface area contributed by atoms with Gasteiger partial charge in [-0.05, 0) is 74.4 Å². The van der Waals surface area contributed by atoms with E-state index < -0.39 is 11.6 Å². The van der Waals surface area contributed by atoms with E-state index in [4.69, 9.17) is 9.47 Å². The number of hydrazone groups is 1. The molecule has 2 atom stereocenters. The first-order valence-corrected chi connectivity index (χ1v) is 15.2. The first-order valence-electron chi connectivity index (χ1n) is 15.2. The van der Waals surface area contributed by atoms with Crippen LogP contribution < -0.4 is 10.1 Å². The number of amides is 2. The fourth-order valence-corrected chi connectivity index (χ4v) is 5.76. The predicted octanol–water partition coefficient (Wildman–Crippen LogP) is 6.26. The summed E-state index contributed by atoms with van der Waals surface area (Å²) in [5, 5.41) is 18.7. The number of hydrogen-bond donors (Lipinski definition) is 2. The van der Waals surface area contributed by atoms with Crippen LogP contribution >= 0.6 is 0 Å². The van der Waals surface area contributed by atoms with Gasteiger partial charge in [0.15, 0.2) is 6.61 Å². The van der Waals surface area contributed by atoms with Gasteiger partial charge in [0.2, 0.25) is 17.4 Å². The largest absolute Gasteiger partial charge is 0.478 e. The van der Waals surface area contributed by atoms with Crippen molar-refractivity contribution in [3.8, 4) is 5.75 Å². The van der Waals surface area contributed by atoms with Gasteiger partial charge < -0.3 is 19.9 Å². The van der Waals surface area contributed by atoms with E-state index in [-0.39, 0.29) is 36.8 Å². The molecule has 9 heteroatoms. The summed E-state index contributed by atoms with van der Waals surface area (Å²) in [6, 6.07) is 22.6. The normalized spacial score (nSPS) is 17.3. The number of carbonyl (C=O) groups is 3. The Morgan fingerprint density at radius 2 is 1.77 bits per heavy atom. The van der Waals surface area contributed by atoms with Gasteiger partial charge in [-0.2, -0.15) is 0 Å². The first-order chi connectivity index (χ1) is 21.2. The van der Waals surface area contributed by atoms with Crippen LogP contribution in [0, 0.1) is 12.8 Å². The number of carbonyl (C=O) groups excluding carboxylic acids is 2. The lowest BCUT2D eigenvalue weighted by atomic mass is 9.83. The second kappa shape index (κ2) is 13.3. The lowest BCUT2D eigenvalue weighted by molar-refractivity contribution is -0.154. The monoisotopic (exact) mass is 597 g/mol. The molecule has 3 aromatic carbocycles. The van der Waals surface area contributed by atoms with E-state index in [9.17, 15) is 19.5 Å². The molecule has 2 N–H and O–H groups in total. The van der Waals surface area contributed by atoms with Crippen molar-refractivity contribution in [3.05, 3.63) is 95.1 Å². The molecule has 1 aliphatic heterocycles. The number of rotatable bonds is 11. The average molecular weight is 598 g/mol. The fourth-order valence-electron chi connectivity index (χ4n) is 5.76. The van der Waals surface area contributed by atoms with E-state index in [1.165, 1.54) is 5.01 Å². The van der Waals surface area contributed by atoms with Gasteiger partial charge in [0, 0.05) is 16.8 Å². The van der Waals surface area contributed by atoms with Crippen LogP contribution in [-0.4, -0.2) is 46.0 Å². The molecule has 1 aliphatic carbocycles. The SMILES string of the molecule is CCC(C)(Oc1cccc(NC(=O)C(c2ccc(CN3N=C(c4ccccc4)OCC3=O)cc2)C2CCCC2)c1C)C(=O)O. The third-order valence-electron chi connectivity index (χ3n) is 8.68. The van der Waals surface area contributed by atoms with Gasteiger partial charge in [0.05, 0.1) is 12.5 Å². The summed E-state index contributed by atoms with van der Waals surface area (Å²) in [7, 11) is 0. The summed E-state index contributed by atoms with van der Waals surface area (Å²) < 4.78 is 11.5. The number of carboxylic acid groups (broad SMARTS) is 1. The number of benzene rings is 3. The number of aliphatic carboxylic acids is 1. The van der Waals surface area contributed by atoms with E-state index in [2.05, 4.69) is 10.4 Å². The molecule has 9 nitrogen and oxygen atoms in total. The predicted molar refractivity (Wildman–Crippen MR) is 167 cm³/mol. The smallest absolute Gasteiger partial charge is 0.347 e. The highest BCUT2D eigenvalue weighted by Crippen LogP contribution is 2.39. The van der Waals surface area contributed by atoms with Crippen LogP contribution in [-0.2, 0) is 25.7 Å². The van der Waals surface area contributed by atoms with Crippen molar-refractivity contribution in [1.29, 1.82) is 0 Å². The van der Waals surface area contributed by atoms with Crippen molar-refractivity contribution in [2.45, 2.75) is 70.9 Å². The molecule has 0 radical (unpaired) electrons. The molecule has 3 aromatic rings. The van der Waals surface area contributed by atoms with Crippen LogP contribution in [0.25, 0.3) is 0 Å². The zero-order valence-electron chi connectivity index (χ0n) is 25.4. The zero-order valence-corrected chi connectivity index (χ0v) is 25.4. The lowest BCUT2D eigenvalue weighted by Gasteiger charge is -2.27. The summed E-state index contributed by atoms with van der Waals surface area (Å²) >= 11 is 0. The topological polar surface area (TPSA) is 118 Å². The standard InChI is InChI=1S/C35H39N3O6/c1-4-35(3,34(41)42)44-29-16-10-15-28(23(29)2)36-32(40)31(25-11-8-9-12-25)26-19-17-24(18-20-26)21-38-30(39)22-43-33(37-38)27-13-6-5-7-14-27/h5-7,10,13-20,25,31H,4,8-9,11-12,21-22H2,1-3H3,(H,36,40)(H,41,42). The minimum atomic E-state index is -1.37. The number of nitrogens with zero attached hydrogens (tertiary/aromatic N) is 2. The van der Waals surface area contributed by atoms with Gasteiger partial charge in [-0.1, -0.05) is 68.3 Å². The molecule has 0 saturated heterocycles. The van der Waals surface area contributed by atoms with Crippen LogP contribution in [0.4, 0.5) is 5.69 Å². The fraction of sp³-hybridized carbons (Fsp3) is 0.371. The van der Waals surface area contributed by atoms with Crippen molar-refractivity contribution in [3.63, 3.8) is 0 Å².